The molecular formula is C16H26N4. The molecule has 1 saturated heterocycles. The molecule has 2 aliphatic rings. The minimum absolute atomic E-state index is 0.604. The van der Waals surface area contributed by atoms with Crippen LogP contribution in [0.25, 0.3) is 0 Å². The Morgan fingerprint density at radius 2 is 2.10 bits per heavy atom. The number of aromatic nitrogens is 2. The summed E-state index contributed by atoms with van der Waals surface area (Å²) in [5.74, 6) is 4.46. The zero-order valence-corrected chi connectivity index (χ0v) is 12.9. The third-order valence-corrected chi connectivity index (χ3v) is 4.39. The van der Waals surface area contributed by atoms with Crippen LogP contribution in [-0.2, 0) is 0 Å². The highest BCUT2D eigenvalue weighted by molar-refractivity contribution is 5.51. The number of nitrogens with zero attached hydrogens (tertiary/aromatic N) is 3. The van der Waals surface area contributed by atoms with E-state index in [9.17, 15) is 0 Å². The van der Waals surface area contributed by atoms with E-state index >= 15 is 0 Å². The van der Waals surface area contributed by atoms with E-state index in [0.29, 0.717) is 17.9 Å². The zero-order chi connectivity index (χ0) is 14.1. The molecule has 1 atom stereocenters. The first-order valence-corrected chi connectivity index (χ1v) is 8.08. The minimum Gasteiger partial charge on any atom is -0.370 e. The standard InChI is InChI=1S/C16H26N4/c1-4-17-14-10-15(19-16(18-14)12-7-8-12)20-9-5-6-13(20)11(2)3/h10-13H,4-9H2,1-3H3,(H,17,18,19). The Kier molecular flexibility index (Phi) is 3.81. The highest BCUT2D eigenvalue weighted by Crippen LogP contribution is 2.40. The molecule has 1 N–H and O–H groups in total. The Morgan fingerprint density at radius 3 is 2.75 bits per heavy atom. The van der Waals surface area contributed by atoms with Gasteiger partial charge in [0, 0.05) is 31.1 Å². The summed E-state index contributed by atoms with van der Waals surface area (Å²) in [6.45, 7) is 8.80. The third-order valence-electron chi connectivity index (χ3n) is 4.39. The van der Waals surface area contributed by atoms with Crippen LogP contribution < -0.4 is 10.2 Å². The highest BCUT2D eigenvalue weighted by Gasteiger charge is 2.31. The summed E-state index contributed by atoms with van der Waals surface area (Å²) in [5.41, 5.74) is 0. The lowest BCUT2D eigenvalue weighted by molar-refractivity contribution is 0.489. The fourth-order valence-electron chi connectivity index (χ4n) is 3.17. The van der Waals surface area contributed by atoms with E-state index in [1.807, 2.05) is 0 Å². The Labute approximate surface area is 122 Å². The first-order valence-electron chi connectivity index (χ1n) is 8.08. The van der Waals surface area contributed by atoms with Gasteiger partial charge in [-0.2, -0.15) is 0 Å². The van der Waals surface area contributed by atoms with Crippen molar-refractivity contribution in [2.75, 3.05) is 23.3 Å². The monoisotopic (exact) mass is 274 g/mol. The van der Waals surface area contributed by atoms with E-state index in [4.69, 9.17) is 4.98 Å². The van der Waals surface area contributed by atoms with Crippen LogP contribution in [0.15, 0.2) is 6.07 Å². The van der Waals surface area contributed by atoms with Gasteiger partial charge in [-0.05, 0) is 38.5 Å². The maximum atomic E-state index is 4.87. The summed E-state index contributed by atoms with van der Waals surface area (Å²) in [6.07, 6.45) is 5.07. The molecule has 3 rings (SSSR count). The molecule has 4 nitrogen and oxygen atoms in total. The SMILES string of the molecule is CCNc1cc(N2CCCC2C(C)C)nc(C2CC2)n1. The van der Waals surface area contributed by atoms with Gasteiger partial charge < -0.3 is 10.2 Å². The van der Waals surface area contributed by atoms with Crippen LogP contribution in [0.2, 0.25) is 0 Å². The second-order valence-electron chi connectivity index (χ2n) is 6.42. The maximum Gasteiger partial charge on any atom is 0.136 e. The van der Waals surface area contributed by atoms with Gasteiger partial charge in [0.05, 0.1) is 0 Å². The molecule has 2 heterocycles. The van der Waals surface area contributed by atoms with E-state index in [0.717, 1.165) is 30.5 Å². The number of hydrogen-bond donors (Lipinski definition) is 1. The molecule has 1 aromatic heterocycles. The van der Waals surface area contributed by atoms with Crippen molar-refractivity contribution < 1.29 is 0 Å². The van der Waals surface area contributed by atoms with E-state index < -0.39 is 0 Å². The van der Waals surface area contributed by atoms with Crippen molar-refractivity contribution in [1.82, 2.24) is 9.97 Å². The molecule has 1 aromatic rings. The Morgan fingerprint density at radius 1 is 1.30 bits per heavy atom. The van der Waals surface area contributed by atoms with Gasteiger partial charge in [0.1, 0.15) is 17.5 Å². The smallest absolute Gasteiger partial charge is 0.136 e. The van der Waals surface area contributed by atoms with E-state index in [1.165, 1.54) is 25.7 Å². The van der Waals surface area contributed by atoms with Crippen molar-refractivity contribution in [3.8, 4) is 0 Å². The summed E-state index contributed by atoms with van der Waals surface area (Å²) >= 11 is 0. The van der Waals surface area contributed by atoms with Crippen molar-refractivity contribution in [3.05, 3.63) is 11.9 Å². The Balaban J connectivity index is 1.90. The fourth-order valence-corrected chi connectivity index (χ4v) is 3.17. The molecule has 4 heteroatoms. The molecule has 0 amide bonds. The predicted octanol–water partition coefficient (Wildman–Crippen LogP) is 3.41. The van der Waals surface area contributed by atoms with Crippen LogP contribution in [0, 0.1) is 5.92 Å². The number of nitrogens with one attached hydrogen (secondary N) is 1. The molecule has 20 heavy (non-hydrogen) atoms. The first kappa shape index (κ1) is 13.7. The lowest BCUT2D eigenvalue weighted by Gasteiger charge is -2.29. The molecule has 0 bridgehead atoms. The lowest BCUT2D eigenvalue weighted by atomic mass is 10.0. The van der Waals surface area contributed by atoms with Crippen LogP contribution >= 0.6 is 0 Å². The second kappa shape index (κ2) is 5.58. The molecule has 110 valence electrons. The average molecular weight is 274 g/mol. The molecule has 1 unspecified atom stereocenters. The summed E-state index contributed by atoms with van der Waals surface area (Å²) in [4.78, 5) is 12.0. The van der Waals surface area contributed by atoms with Crippen molar-refractivity contribution in [3.63, 3.8) is 0 Å². The summed E-state index contributed by atoms with van der Waals surface area (Å²) in [6, 6.07) is 2.77. The lowest BCUT2D eigenvalue weighted by Crippen LogP contribution is -2.34. The van der Waals surface area contributed by atoms with Crippen molar-refractivity contribution in [2.45, 2.75) is 58.4 Å². The largest absolute Gasteiger partial charge is 0.370 e. The molecule has 1 aliphatic heterocycles. The van der Waals surface area contributed by atoms with Crippen molar-refractivity contribution >= 4 is 11.6 Å². The van der Waals surface area contributed by atoms with Crippen LogP contribution in [-0.4, -0.2) is 29.1 Å². The molecule has 1 aliphatic carbocycles. The topological polar surface area (TPSA) is 41.0 Å². The van der Waals surface area contributed by atoms with Gasteiger partial charge in [0.2, 0.25) is 0 Å². The number of rotatable bonds is 5. The molecular weight excluding hydrogens is 248 g/mol. The van der Waals surface area contributed by atoms with E-state index in [1.54, 1.807) is 0 Å². The molecule has 0 aromatic carbocycles. The fraction of sp³-hybridized carbons (Fsp3) is 0.750. The molecule has 0 spiro atoms. The summed E-state index contributed by atoms with van der Waals surface area (Å²) in [5, 5.41) is 3.36. The number of hydrogen-bond acceptors (Lipinski definition) is 4. The van der Waals surface area contributed by atoms with Gasteiger partial charge in [0.25, 0.3) is 0 Å². The quantitative estimate of drug-likeness (QED) is 0.893. The molecule has 1 saturated carbocycles. The molecule has 2 fully saturated rings. The first-order chi connectivity index (χ1) is 9.69. The van der Waals surface area contributed by atoms with Gasteiger partial charge in [-0.25, -0.2) is 9.97 Å². The summed E-state index contributed by atoms with van der Waals surface area (Å²) in [7, 11) is 0. The van der Waals surface area contributed by atoms with Crippen LogP contribution in [0.4, 0.5) is 11.6 Å². The second-order valence-corrected chi connectivity index (χ2v) is 6.42. The number of anilines is 2. The zero-order valence-electron chi connectivity index (χ0n) is 12.9. The van der Waals surface area contributed by atoms with Crippen molar-refractivity contribution in [1.29, 1.82) is 0 Å². The Hall–Kier alpha value is -1.32. The van der Waals surface area contributed by atoms with Crippen molar-refractivity contribution in [2.24, 2.45) is 5.92 Å². The average Bonchev–Trinajstić information content (AvgIpc) is 3.15. The normalized spacial score (nSPS) is 22.6. The van der Waals surface area contributed by atoms with Crippen LogP contribution in [0.1, 0.15) is 58.2 Å². The van der Waals surface area contributed by atoms with Gasteiger partial charge >= 0.3 is 0 Å². The summed E-state index contributed by atoms with van der Waals surface area (Å²) < 4.78 is 0. The van der Waals surface area contributed by atoms with E-state index in [-0.39, 0.29) is 0 Å². The van der Waals surface area contributed by atoms with Crippen LogP contribution in [0.3, 0.4) is 0 Å². The maximum absolute atomic E-state index is 4.87. The minimum atomic E-state index is 0.604. The highest BCUT2D eigenvalue weighted by atomic mass is 15.2. The van der Waals surface area contributed by atoms with Gasteiger partial charge in [0.15, 0.2) is 0 Å². The van der Waals surface area contributed by atoms with Crippen LogP contribution in [0.5, 0.6) is 0 Å². The van der Waals surface area contributed by atoms with E-state index in [2.05, 4.69) is 42.0 Å². The van der Waals surface area contributed by atoms with Gasteiger partial charge in [-0.3, -0.25) is 0 Å². The predicted molar refractivity (Wildman–Crippen MR) is 83.4 cm³/mol. The van der Waals surface area contributed by atoms with Gasteiger partial charge in [-0.15, -0.1) is 0 Å². The van der Waals surface area contributed by atoms with Gasteiger partial charge in [-0.1, -0.05) is 13.8 Å². The third kappa shape index (κ3) is 2.74. The molecule has 0 radical (unpaired) electrons. The Bertz CT molecular complexity index is 468.